The highest BCUT2D eigenvalue weighted by Crippen LogP contribution is 2.34. The molecule has 1 aromatic carbocycles. The van der Waals surface area contributed by atoms with E-state index in [0.29, 0.717) is 15.4 Å². The van der Waals surface area contributed by atoms with Crippen LogP contribution >= 0.6 is 11.3 Å². The van der Waals surface area contributed by atoms with E-state index in [1.165, 1.54) is 12.1 Å². The number of aryl methyl sites for hydroxylation is 1. The molecule has 0 aliphatic heterocycles. The Hall–Kier alpha value is -1.89. The van der Waals surface area contributed by atoms with Crippen LogP contribution in [-0.4, -0.2) is 17.6 Å². The van der Waals surface area contributed by atoms with Crippen molar-refractivity contribution in [2.45, 2.75) is 20.0 Å². The Balaban J connectivity index is 2.40. The van der Waals surface area contributed by atoms with Crippen LogP contribution in [0.25, 0.3) is 10.6 Å². The number of hydrogen-bond acceptors (Lipinski definition) is 4. The van der Waals surface area contributed by atoms with E-state index in [1.54, 1.807) is 13.8 Å². The number of rotatable bonds is 3. The Bertz CT molecular complexity index is 664. The van der Waals surface area contributed by atoms with E-state index < -0.39 is 17.7 Å². The van der Waals surface area contributed by atoms with Crippen LogP contribution in [0.15, 0.2) is 24.3 Å². The number of nitrogens with zero attached hydrogens (tertiary/aromatic N) is 1. The number of carbonyl (C=O) groups is 1. The molecular weight excluding hydrogens is 303 g/mol. The van der Waals surface area contributed by atoms with E-state index >= 15 is 0 Å². The molecule has 0 saturated heterocycles. The molecule has 21 heavy (non-hydrogen) atoms. The van der Waals surface area contributed by atoms with Crippen LogP contribution in [0.4, 0.5) is 13.2 Å². The summed E-state index contributed by atoms with van der Waals surface area (Å²) in [5.41, 5.74) is -0.270. The molecule has 3 nitrogen and oxygen atoms in total. The molecule has 1 aromatic heterocycles. The van der Waals surface area contributed by atoms with Crippen molar-refractivity contribution in [2.24, 2.45) is 0 Å². The summed E-state index contributed by atoms with van der Waals surface area (Å²) in [5, 5.41) is 0.363. The first kappa shape index (κ1) is 15.5. The zero-order valence-electron chi connectivity index (χ0n) is 11.3. The van der Waals surface area contributed by atoms with Crippen molar-refractivity contribution in [3.05, 3.63) is 40.4 Å². The lowest BCUT2D eigenvalue weighted by atomic mass is 10.1. The van der Waals surface area contributed by atoms with Gasteiger partial charge in [0.2, 0.25) is 0 Å². The molecular formula is C14H12F3NO2S. The topological polar surface area (TPSA) is 39.2 Å². The summed E-state index contributed by atoms with van der Waals surface area (Å²) in [4.78, 5) is 16.4. The van der Waals surface area contributed by atoms with Crippen LogP contribution in [0.3, 0.4) is 0 Å². The Morgan fingerprint density at radius 1 is 1.38 bits per heavy atom. The third kappa shape index (κ3) is 3.41. The van der Waals surface area contributed by atoms with Crippen LogP contribution in [0.2, 0.25) is 0 Å². The molecule has 112 valence electrons. The van der Waals surface area contributed by atoms with Gasteiger partial charge in [-0.25, -0.2) is 9.78 Å². The summed E-state index contributed by atoms with van der Waals surface area (Å²) in [7, 11) is 0. The van der Waals surface area contributed by atoms with Gasteiger partial charge in [0.25, 0.3) is 0 Å². The summed E-state index contributed by atoms with van der Waals surface area (Å²) in [6.07, 6.45) is -4.41. The van der Waals surface area contributed by atoms with Gasteiger partial charge < -0.3 is 4.74 Å². The number of carbonyl (C=O) groups excluding carboxylic acids is 1. The highest BCUT2D eigenvalue weighted by molar-refractivity contribution is 7.15. The first-order chi connectivity index (χ1) is 9.82. The van der Waals surface area contributed by atoms with E-state index in [1.807, 2.05) is 0 Å². The second kappa shape index (κ2) is 5.85. The van der Waals surface area contributed by atoms with Gasteiger partial charge in [-0.15, -0.1) is 11.3 Å². The lowest BCUT2D eigenvalue weighted by Gasteiger charge is -2.07. The van der Waals surface area contributed by atoms with Gasteiger partial charge >= 0.3 is 12.1 Å². The summed E-state index contributed by atoms with van der Waals surface area (Å²) in [6.45, 7) is 3.57. The number of aromatic nitrogens is 1. The van der Waals surface area contributed by atoms with Gasteiger partial charge in [-0.1, -0.05) is 12.1 Å². The normalized spacial score (nSPS) is 11.5. The molecule has 0 N–H and O–H groups in total. The van der Waals surface area contributed by atoms with Gasteiger partial charge in [0.1, 0.15) is 5.01 Å². The fourth-order valence-corrected chi connectivity index (χ4v) is 2.63. The van der Waals surface area contributed by atoms with Crippen molar-refractivity contribution in [1.82, 2.24) is 4.98 Å². The third-order valence-electron chi connectivity index (χ3n) is 2.70. The van der Waals surface area contributed by atoms with Gasteiger partial charge in [0, 0.05) is 10.4 Å². The Morgan fingerprint density at radius 3 is 2.71 bits per heavy atom. The maximum absolute atomic E-state index is 12.7. The standard InChI is InChI=1S/C14H12F3NO2S/c1-3-20-13(19)11-8(2)21-12(18-11)9-5-4-6-10(7-9)14(15,16)17/h4-7H,3H2,1-2H3. The molecule has 0 amide bonds. The Kier molecular flexibility index (Phi) is 4.32. The van der Waals surface area contributed by atoms with Crippen LogP contribution in [-0.2, 0) is 10.9 Å². The zero-order valence-corrected chi connectivity index (χ0v) is 12.1. The quantitative estimate of drug-likeness (QED) is 0.792. The van der Waals surface area contributed by atoms with E-state index in [0.717, 1.165) is 23.5 Å². The van der Waals surface area contributed by atoms with E-state index in [9.17, 15) is 18.0 Å². The second-order valence-electron chi connectivity index (χ2n) is 4.22. The predicted molar refractivity (Wildman–Crippen MR) is 73.2 cm³/mol. The van der Waals surface area contributed by atoms with E-state index in [-0.39, 0.29) is 12.3 Å². The molecule has 0 unspecified atom stereocenters. The minimum absolute atomic E-state index is 0.147. The lowest BCUT2D eigenvalue weighted by Crippen LogP contribution is -2.06. The fraction of sp³-hybridized carbons (Fsp3) is 0.286. The lowest BCUT2D eigenvalue weighted by molar-refractivity contribution is -0.137. The van der Waals surface area contributed by atoms with Crippen LogP contribution in [0.1, 0.15) is 27.9 Å². The van der Waals surface area contributed by atoms with Crippen molar-refractivity contribution in [1.29, 1.82) is 0 Å². The molecule has 0 spiro atoms. The summed E-state index contributed by atoms with van der Waals surface area (Å²) >= 11 is 1.16. The first-order valence-corrected chi connectivity index (χ1v) is 6.96. The molecule has 0 aliphatic rings. The Labute approximate surface area is 123 Å². The minimum atomic E-state index is -4.41. The van der Waals surface area contributed by atoms with Gasteiger partial charge in [-0.3, -0.25) is 0 Å². The fourth-order valence-electron chi connectivity index (χ4n) is 1.74. The Morgan fingerprint density at radius 2 is 2.10 bits per heavy atom. The summed E-state index contributed by atoms with van der Waals surface area (Å²) in [5.74, 6) is -0.565. The summed E-state index contributed by atoms with van der Waals surface area (Å²) < 4.78 is 43.0. The first-order valence-electron chi connectivity index (χ1n) is 6.15. The average molecular weight is 315 g/mol. The van der Waals surface area contributed by atoms with Crippen molar-refractivity contribution in [3.8, 4) is 10.6 Å². The summed E-state index contributed by atoms with van der Waals surface area (Å²) in [6, 6.07) is 4.87. The highest BCUT2D eigenvalue weighted by Gasteiger charge is 2.30. The molecule has 1 heterocycles. The molecule has 0 saturated carbocycles. The van der Waals surface area contributed by atoms with Crippen LogP contribution in [0, 0.1) is 6.92 Å². The van der Waals surface area contributed by atoms with Gasteiger partial charge in [0.15, 0.2) is 5.69 Å². The van der Waals surface area contributed by atoms with Crippen LogP contribution < -0.4 is 0 Å². The smallest absolute Gasteiger partial charge is 0.416 e. The van der Waals surface area contributed by atoms with Crippen molar-refractivity contribution < 1.29 is 22.7 Å². The number of hydrogen-bond donors (Lipinski definition) is 0. The maximum Gasteiger partial charge on any atom is 0.416 e. The molecule has 0 radical (unpaired) electrons. The molecule has 0 bridgehead atoms. The van der Waals surface area contributed by atoms with Crippen molar-refractivity contribution >= 4 is 17.3 Å². The SMILES string of the molecule is CCOC(=O)c1nc(-c2cccc(C(F)(F)F)c2)sc1C. The maximum atomic E-state index is 12.7. The molecule has 0 fully saturated rings. The van der Waals surface area contributed by atoms with Crippen molar-refractivity contribution in [2.75, 3.05) is 6.61 Å². The number of alkyl halides is 3. The molecule has 2 rings (SSSR count). The van der Waals surface area contributed by atoms with E-state index in [2.05, 4.69) is 4.98 Å². The predicted octanol–water partition coefficient (Wildman–Crippen LogP) is 4.31. The number of thiazole rings is 1. The molecule has 0 atom stereocenters. The van der Waals surface area contributed by atoms with Gasteiger partial charge in [-0.05, 0) is 26.0 Å². The van der Waals surface area contributed by atoms with Gasteiger partial charge in [-0.2, -0.15) is 13.2 Å². The van der Waals surface area contributed by atoms with Crippen LogP contribution in [0.5, 0.6) is 0 Å². The second-order valence-corrected chi connectivity index (χ2v) is 5.43. The highest BCUT2D eigenvalue weighted by atomic mass is 32.1. The largest absolute Gasteiger partial charge is 0.461 e. The zero-order chi connectivity index (χ0) is 15.6. The van der Waals surface area contributed by atoms with Crippen molar-refractivity contribution in [3.63, 3.8) is 0 Å². The van der Waals surface area contributed by atoms with E-state index in [4.69, 9.17) is 4.74 Å². The average Bonchev–Trinajstić information content (AvgIpc) is 2.80. The number of esters is 1. The molecule has 0 aliphatic carbocycles. The molecule has 7 heteroatoms. The number of ether oxygens (including phenoxy) is 1. The molecule has 2 aromatic rings. The number of benzene rings is 1. The third-order valence-corrected chi connectivity index (χ3v) is 3.72. The monoisotopic (exact) mass is 315 g/mol. The van der Waals surface area contributed by atoms with Gasteiger partial charge in [0.05, 0.1) is 12.2 Å². The minimum Gasteiger partial charge on any atom is -0.461 e. The number of halogens is 3.